The quantitative estimate of drug-likeness (QED) is 0.102. The third-order valence-corrected chi connectivity index (χ3v) is 62.4. The normalized spacial score (nSPS) is 21.4. The molecule has 0 saturated carbocycles. The first-order chi connectivity index (χ1) is 48.8. The van der Waals surface area contributed by atoms with Crippen molar-refractivity contribution in [1.82, 2.24) is 0 Å². The second kappa shape index (κ2) is 54.1. The minimum absolute atomic E-state index is 0. The van der Waals surface area contributed by atoms with E-state index in [1.54, 1.807) is 67.8 Å². The van der Waals surface area contributed by atoms with Gasteiger partial charge in [0.05, 0.1) is 122 Å². The molecule has 2 radical (unpaired) electrons. The number of rotatable bonds is 2. The third-order valence-electron chi connectivity index (χ3n) is 12.3. The van der Waals surface area contributed by atoms with Crippen LogP contribution in [0.25, 0.3) is 0 Å². The summed E-state index contributed by atoms with van der Waals surface area (Å²) in [5, 5.41) is 0. The summed E-state index contributed by atoms with van der Waals surface area (Å²) in [5.41, 5.74) is 0. The van der Waals surface area contributed by atoms with Gasteiger partial charge in [-0.1, -0.05) is 198 Å². The van der Waals surface area contributed by atoms with Gasteiger partial charge >= 0.3 is 34.1 Å². The summed E-state index contributed by atoms with van der Waals surface area (Å²) in [6.45, 7) is 0. The van der Waals surface area contributed by atoms with Crippen LogP contribution in [-0.2, 0) is 54.4 Å². The fraction of sp³-hybridized carbons (Fsp3) is 0.267. The predicted molar refractivity (Wildman–Crippen MR) is 531 cm³/mol. The van der Waals surface area contributed by atoms with Gasteiger partial charge in [-0.15, -0.1) is 188 Å². The maximum atomic E-state index is 10.1. The summed E-state index contributed by atoms with van der Waals surface area (Å²) in [6.07, 6.45) is 0. The largest absolute Gasteiger partial charge is 3.00 e. The van der Waals surface area contributed by atoms with Crippen molar-refractivity contribution in [2.45, 2.75) is 9.79 Å². The van der Waals surface area contributed by atoms with Gasteiger partial charge in [0.25, 0.3) is 0 Å². The molecule has 594 valence electrons. The van der Waals surface area contributed by atoms with E-state index >= 15 is 0 Å². The number of hydrogen-bond donors (Lipinski definition) is 0. The van der Waals surface area contributed by atoms with Gasteiger partial charge in [-0.25, -0.2) is 50.9 Å². The van der Waals surface area contributed by atoms with Crippen molar-refractivity contribution in [3.63, 3.8) is 0 Å². The summed E-state index contributed by atoms with van der Waals surface area (Å²) in [5.74, 6) is 20.5. The zero-order valence-electron chi connectivity index (χ0n) is 54.7. The maximum absolute atomic E-state index is 10.1. The van der Waals surface area contributed by atoms with Crippen molar-refractivity contribution in [2.75, 3.05) is 92.0 Å². The number of thioether (sulfide) groups is 32. The van der Waals surface area contributed by atoms with E-state index in [0.29, 0.717) is 0 Å². The van der Waals surface area contributed by atoms with Gasteiger partial charge in [-0.3, -0.25) is 8.42 Å². The van der Waals surface area contributed by atoms with Crippen LogP contribution in [0, 0.1) is 0 Å². The van der Waals surface area contributed by atoms with Gasteiger partial charge in [-0.05, 0) is 0 Å². The Kier molecular flexibility index (Phi) is 52.4. The monoisotopic (exact) mass is 2170 g/mol. The maximum Gasteiger partial charge on any atom is 3.00 e. The summed E-state index contributed by atoms with van der Waals surface area (Å²) in [7, 11) is -8.42. The molecule has 4 aromatic carbocycles. The van der Waals surface area contributed by atoms with Crippen molar-refractivity contribution in [2.24, 2.45) is 0 Å². The van der Waals surface area contributed by atoms with E-state index in [4.69, 9.17) is 0 Å². The molecule has 0 bridgehead atoms. The van der Waals surface area contributed by atoms with Gasteiger partial charge in [-0.2, -0.15) is 66.7 Å². The van der Waals surface area contributed by atoms with Crippen LogP contribution in [0.3, 0.4) is 0 Å². The Morgan fingerprint density at radius 1 is 0.250 bits per heavy atom. The van der Waals surface area contributed by atoms with Gasteiger partial charge < -0.3 is 42.0 Å². The van der Waals surface area contributed by atoms with Gasteiger partial charge in [0.2, 0.25) is 0 Å². The fourth-order valence-corrected chi connectivity index (χ4v) is 57.9. The fourth-order valence-electron chi connectivity index (χ4n) is 8.10. The van der Waals surface area contributed by atoms with Gasteiger partial charge in [0, 0.05) is 92.0 Å². The molecule has 16 aliphatic heterocycles. The van der Waals surface area contributed by atoms with E-state index in [9.17, 15) is 25.9 Å². The number of hydrogen-bond acceptors (Lipinski definition) is 38. The second-order valence-electron chi connectivity index (χ2n) is 19.2. The summed E-state index contributed by atoms with van der Waals surface area (Å²) < 4.78 is 98.1. The molecule has 12 N–H and O–H groups in total. The SMILES string of the molecule is C1CSC2=C(S1)SC(=C1SC3=C(SCCS3)S1)S2.C1CSC2=C(S1)SC(=C1SC3=C(SCCS3)S1)S2.C1CSC2=C(S1)SC(=C1SC3=C(SCCS3)S1)S2.C1CSC2=C(S1)SC(=C1SC3=C(SCCS3)S1)S2.O.O.O.O.O.O.O=S(=O)([O-])[c-]1cccc1.O=S(=O)([O-])c1ccc[cH-]1.[Fe+3].[Fe+3].c1cc[cH-]c1.c1cc[cH-]c1. The summed E-state index contributed by atoms with van der Waals surface area (Å²) in [6, 6.07) is 31.1. The molecule has 12 nitrogen and oxygen atoms in total. The van der Waals surface area contributed by atoms with E-state index in [1.807, 2.05) is 437 Å². The van der Waals surface area contributed by atoms with E-state index in [1.165, 1.54) is 174 Å². The van der Waals surface area contributed by atoms with Crippen molar-refractivity contribution in [1.29, 1.82) is 0 Å². The standard InChI is InChI=1S/4C10H8S8.2C5H5O3S.2C5H5.2Fe.6H2O/c4*1-2-12-6-5(11-1)15-9(16-6)10-17-7-8(18-10)14-4-3-13-7;2*6-9(7,8)5-3-1-2-4-5;2*1-2-4-5-3-1;;;;;;;;/h4*1-4H2;2*1-4H,(H,6,7,8);2*1-5H;;;6*1H2/q;;;;4*-1;2*+3;;;;;;/p-2. The van der Waals surface area contributed by atoms with Crippen LogP contribution in [0.2, 0.25) is 0 Å². The van der Waals surface area contributed by atoms with Crippen LogP contribution in [0.15, 0.2) is 221 Å². The first kappa shape index (κ1) is 105. The van der Waals surface area contributed by atoms with Crippen LogP contribution < -0.4 is 0 Å². The van der Waals surface area contributed by atoms with Crippen molar-refractivity contribution < 1.29 is 92.9 Å². The minimum Gasteiger partial charge on any atom is -0.754 e. The summed E-state index contributed by atoms with van der Waals surface area (Å²) in [4.78, 5) is -0.329. The van der Waals surface area contributed by atoms with E-state index in [0.717, 1.165) is 0 Å². The molecule has 0 amide bonds. The van der Waals surface area contributed by atoms with E-state index in [-0.39, 0.29) is 76.8 Å². The zero-order chi connectivity index (χ0) is 68.7. The first-order valence-electron chi connectivity index (χ1n) is 29.3. The van der Waals surface area contributed by atoms with Gasteiger partial charge in [0.15, 0.2) is 0 Å². The predicted octanol–water partition coefficient (Wildman–Crippen LogP) is 23.6. The molecule has 0 saturated heterocycles. The zero-order valence-corrected chi connectivity index (χ0v) is 84.7. The Bertz CT molecular complexity index is 3420. The molecule has 16 aliphatic rings. The Morgan fingerprint density at radius 2 is 0.417 bits per heavy atom. The smallest absolute Gasteiger partial charge is 0.754 e. The minimum atomic E-state index is -4.21. The second-order valence-corrected chi connectivity index (χ2v) is 62.2. The molecular weight excluding hydrogens is 2110 g/mol. The Hall–Kier alpha value is 6.10. The van der Waals surface area contributed by atoms with Crippen LogP contribution in [-0.4, -0.2) is 151 Å². The molecule has 0 spiro atoms. The van der Waals surface area contributed by atoms with Crippen LogP contribution >= 0.6 is 376 Å². The van der Waals surface area contributed by atoms with E-state index < -0.39 is 20.2 Å². The van der Waals surface area contributed by atoms with Crippen molar-refractivity contribution in [3.8, 4) is 0 Å². The Labute approximate surface area is 789 Å². The molecule has 0 aliphatic carbocycles. The van der Waals surface area contributed by atoms with E-state index in [2.05, 4.69) is 0 Å². The molecule has 4 aromatic rings. The average molecular weight is 2180 g/mol. The van der Waals surface area contributed by atoms with Crippen molar-refractivity contribution in [3.05, 3.63) is 211 Å². The first-order valence-corrected chi connectivity index (χ1v) is 61.0. The van der Waals surface area contributed by atoms with Gasteiger partial charge in [0.1, 0.15) is 0 Å². The molecule has 48 heteroatoms. The van der Waals surface area contributed by atoms with Crippen molar-refractivity contribution >= 4 is 397 Å². The Balaban J connectivity index is 0.000000226. The average Bonchev–Trinajstić information content (AvgIpc) is 1.67. The topological polar surface area (TPSA) is 303 Å². The molecule has 108 heavy (non-hydrogen) atoms. The van der Waals surface area contributed by atoms with Crippen LogP contribution in [0.5, 0.6) is 0 Å². The molecule has 0 aromatic heterocycles. The summed E-state index contributed by atoms with van der Waals surface area (Å²) >= 11 is 65.0. The molecule has 20 rings (SSSR count). The van der Waals surface area contributed by atoms with Crippen LogP contribution in [0.1, 0.15) is 0 Å². The molecule has 16 heterocycles. The molecule has 0 atom stereocenters. The Morgan fingerprint density at radius 3 is 0.509 bits per heavy atom. The third kappa shape index (κ3) is 31.3. The van der Waals surface area contributed by atoms with Crippen LogP contribution in [0.4, 0.5) is 0 Å². The molecule has 0 unspecified atom stereocenters. The molecular formula is C60H62Fe2O12S34. The molecule has 0 fully saturated rings.